The van der Waals surface area contributed by atoms with Gasteiger partial charge in [0.15, 0.2) is 0 Å². The van der Waals surface area contributed by atoms with Crippen molar-refractivity contribution in [3.8, 4) is 0 Å². The maximum absolute atomic E-state index is 12.4. The maximum atomic E-state index is 12.4. The van der Waals surface area contributed by atoms with Crippen LogP contribution in [0.3, 0.4) is 0 Å². The zero-order valence-electron chi connectivity index (χ0n) is 16.7. The molecule has 0 aliphatic carbocycles. The molecule has 2 unspecified atom stereocenters. The first-order valence-corrected chi connectivity index (χ1v) is 9.44. The summed E-state index contributed by atoms with van der Waals surface area (Å²) in [5.74, 6) is -0.629. The van der Waals surface area contributed by atoms with Gasteiger partial charge in [-0.2, -0.15) is 0 Å². The van der Waals surface area contributed by atoms with Gasteiger partial charge in [0.2, 0.25) is 11.8 Å². The maximum Gasteiger partial charge on any atom is 0.407 e. The Bertz CT molecular complexity index is 712. The third kappa shape index (κ3) is 6.53. The van der Waals surface area contributed by atoms with Crippen LogP contribution < -0.4 is 16.8 Å². The van der Waals surface area contributed by atoms with Gasteiger partial charge >= 0.3 is 6.09 Å². The van der Waals surface area contributed by atoms with Gasteiger partial charge in [-0.3, -0.25) is 9.59 Å². The Morgan fingerprint density at radius 1 is 1.18 bits per heavy atom. The average Bonchev–Trinajstić information content (AvgIpc) is 2.99. The fourth-order valence-corrected chi connectivity index (χ4v) is 3.12. The number of hydrogen-bond acceptors (Lipinski definition) is 5. The number of nitrogens with zero attached hydrogens (tertiary/aromatic N) is 1. The first kappa shape index (κ1) is 21.7. The van der Waals surface area contributed by atoms with Crippen LogP contribution in [0.25, 0.3) is 0 Å². The SMILES string of the molecule is CC(C)(C)OC(=O)NCc1ccc(CCC(=O)N2CC(N)CC2C(N)=O)cc1. The molecule has 1 heterocycles. The van der Waals surface area contributed by atoms with Crippen LogP contribution in [0.2, 0.25) is 0 Å². The molecule has 1 aromatic rings. The average molecular weight is 390 g/mol. The van der Waals surface area contributed by atoms with Crippen molar-refractivity contribution in [2.75, 3.05) is 6.54 Å². The largest absolute Gasteiger partial charge is 0.444 e. The van der Waals surface area contributed by atoms with Gasteiger partial charge in [-0.25, -0.2) is 4.79 Å². The van der Waals surface area contributed by atoms with E-state index in [-0.39, 0.29) is 18.4 Å². The second-order valence-corrected chi connectivity index (χ2v) is 8.13. The van der Waals surface area contributed by atoms with E-state index in [4.69, 9.17) is 16.2 Å². The number of hydrogen-bond donors (Lipinski definition) is 3. The molecule has 8 nitrogen and oxygen atoms in total. The fourth-order valence-electron chi connectivity index (χ4n) is 3.12. The van der Waals surface area contributed by atoms with Crippen LogP contribution in [-0.4, -0.2) is 47.0 Å². The van der Waals surface area contributed by atoms with E-state index in [0.29, 0.717) is 25.9 Å². The summed E-state index contributed by atoms with van der Waals surface area (Å²) in [7, 11) is 0. The van der Waals surface area contributed by atoms with Gasteiger partial charge in [0.05, 0.1) is 0 Å². The van der Waals surface area contributed by atoms with Crippen molar-refractivity contribution in [3.05, 3.63) is 35.4 Å². The van der Waals surface area contributed by atoms with E-state index in [1.54, 1.807) is 0 Å². The molecule has 154 valence electrons. The summed E-state index contributed by atoms with van der Waals surface area (Å²) in [5, 5.41) is 2.70. The number of amides is 3. The van der Waals surface area contributed by atoms with Gasteiger partial charge in [-0.1, -0.05) is 24.3 Å². The minimum atomic E-state index is -0.608. The standard InChI is InChI=1S/C20H30N4O4/c1-20(2,3)28-19(27)23-11-14-6-4-13(5-7-14)8-9-17(25)24-12-15(21)10-16(24)18(22)26/h4-7,15-16H,8-12,21H2,1-3H3,(H2,22,26)(H,23,27). The fraction of sp³-hybridized carbons (Fsp3) is 0.550. The number of alkyl carbamates (subject to hydrolysis) is 1. The minimum Gasteiger partial charge on any atom is -0.444 e. The Kier molecular flexibility index (Phi) is 7.01. The normalized spacial score (nSPS) is 19.4. The van der Waals surface area contributed by atoms with Crippen LogP contribution in [0.5, 0.6) is 0 Å². The second-order valence-electron chi connectivity index (χ2n) is 8.13. The lowest BCUT2D eigenvalue weighted by Crippen LogP contribution is -2.43. The van der Waals surface area contributed by atoms with Crippen molar-refractivity contribution in [1.29, 1.82) is 0 Å². The van der Waals surface area contributed by atoms with Crippen LogP contribution in [0, 0.1) is 0 Å². The first-order chi connectivity index (χ1) is 13.0. The predicted molar refractivity (Wildman–Crippen MR) is 105 cm³/mol. The molecule has 0 aromatic heterocycles. The summed E-state index contributed by atoms with van der Waals surface area (Å²) >= 11 is 0. The number of rotatable bonds is 6. The zero-order valence-corrected chi connectivity index (χ0v) is 16.7. The van der Waals surface area contributed by atoms with Crippen molar-refractivity contribution < 1.29 is 19.1 Å². The monoisotopic (exact) mass is 390 g/mol. The summed E-state index contributed by atoms with van der Waals surface area (Å²) < 4.78 is 5.20. The molecular weight excluding hydrogens is 360 g/mol. The van der Waals surface area contributed by atoms with Gasteiger partial charge in [0.1, 0.15) is 11.6 Å². The van der Waals surface area contributed by atoms with E-state index >= 15 is 0 Å². The summed E-state index contributed by atoms with van der Waals surface area (Å²) in [6.45, 7) is 6.15. The van der Waals surface area contributed by atoms with E-state index in [1.165, 1.54) is 4.90 Å². The summed E-state index contributed by atoms with van der Waals surface area (Å²) in [6.07, 6.45) is 0.789. The Labute approximate surface area is 165 Å². The van der Waals surface area contributed by atoms with Gasteiger partial charge in [-0.15, -0.1) is 0 Å². The van der Waals surface area contributed by atoms with Crippen molar-refractivity contribution in [1.82, 2.24) is 10.2 Å². The number of carbonyl (C=O) groups excluding carboxylic acids is 3. The smallest absolute Gasteiger partial charge is 0.407 e. The molecule has 5 N–H and O–H groups in total. The number of benzene rings is 1. The molecule has 8 heteroatoms. The van der Waals surface area contributed by atoms with Gasteiger partial charge in [-0.05, 0) is 44.7 Å². The quantitative estimate of drug-likeness (QED) is 0.669. The molecule has 2 atom stereocenters. The highest BCUT2D eigenvalue weighted by Crippen LogP contribution is 2.18. The van der Waals surface area contributed by atoms with Crippen molar-refractivity contribution in [2.24, 2.45) is 11.5 Å². The first-order valence-electron chi connectivity index (χ1n) is 9.44. The number of carbonyl (C=O) groups is 3. The molecule has 0 bridgehead atoms. The molecule has 2 rings (SSSR count). The van der Waals surface area contributed by atoms with E-state index in [2.05, 4.69) is 5.32 Å². The number of primary amides is 1. The lowest BCUT2D eigenvalue weighted by Gasteiger charge is -2.22. The second kappa shape index (κ2) is 9.05. The van der Waals surface area contributed by atoms with E-state index in [0.717, 1.165) is 11.1 Å². The third-order valence-corrected chi connectivity index (χ3v) is 4.47. The molecule has 1 fully saturated rings. The number of ether oxygens (including phenoxy) is 1. The number of aryl methyl sites for hydroxylation is 1. The lowest BCUT2D eigenvalue weighted by molar-refractivity contribution is -0.137. The molecule has 28 heavy (non-hydrogen) atoms. The van der Waals surface area contributed by atoms with E-state index in [9.17, 15) is 14.4 Å². The number of nitrogens with one attached hydrogen (secondary N) is 1. The number of nitrogens with two attached hydrogens (primary N) is 2. The molecule has 0 radical (unpaired) electrons. The molecule has 0 saturated carbocycles. The van der Waals surface area contributed by atoms with Gasteiger partial charge in [0, 0.05) is 25.6 Å². The molecule has 1 aliphatic heterocycles. The predicted octanol–water partition coefficient (Wildman–Crippen LogP) is 1.06. The van der Waals surface area contributed by atoms with Crippen molar-refractivity contribution in [2.45, 2.75) is 64.3 Å². The highest BCUT2D eigenvalue weighted by molar-refractivity contribution is 5.87. The van der Waals surface area contributed by atoms with Crippen molar-refractivity contribution in [3.63, 3.8) is 0 Å². The molecule has 3 amide bonds. The Morgan fingerprint density at radius 3 is 2.36 bits per heavy atom. The highest BCUT2D eigenvalue weighted by atomic mass is 16.6. The summed E-state index contributed by atoms with van der Waals surface area (Å²) in [4.78, 5) is 37.1. The summed E-state index contributed by atoms with van der Waals surface area (Å²) in [6, 6.07) is 6.81. The Morgan fingerprint density at radius 2 is 1.79 bits per heavy atom. The van der Waals surface area contributed by atoms with Crippen LogP contribution in [-0.2, 0) is 27.3 Å². The van der Waals surface area contributed by atoms with Crippen LogP contribution >= 0.6 is 0 Å². The Hall–Kier alpha value is -2.61. The van der Waals surface area contributed by atoms with Crippen molar-refractivity contribution >= 4 is 17.9 Å². The minimum absolute atomic E-state index is 0.118. The Balaban J connectivity index is 1.81. The molecule has 1 saturated heterocycles. The molecule has 1 aromatic carbocycles. The van der Waals surface area contributed by atoms with Crippen LogP contribution in [0.4, 0.5) is 4.79 Å². The lowest BCUT2D eigenvalue weighted by atomic mass is 10.1. The third-order valence-electron chi connectivity index (χ3n) is 4.47. The molecule has 1 aliphatic rings. The van der Waals surface area contributed by atoms with Crippen LogP contribution in [0.15, 0.2) is 24.3 Å². The van der Waals surface area contributed by atoms with E-state index in [1.807, 2.05) is 45.0 Å². The molecular formula is C20H30N4O4. The van der Waals surface area contributed by atoms with E-state index < -0.39 is 23.6 Å². The number of likely N-dealkylation sites (tertiary alicyclic amines) is 1. The van der Waals surface area contributed by atoms with Crippen LogP contribution in [0.1, 0.15) is 44.7 Å². The van der Waals surface area contributed by atoms with Gasteiger partial charge < -0.3 is 26.4 Å². The van der Waals surface area contributed by atoms with Gasteiger partial charge in [0.25, 0.3) is 0 Å². The zero-order chi connectivity index (χ0) is 20.9. The highest BCUT2D eigenvalue weighted by Gasteiger charge is 2.36. The molecule has 0 spiro atoms. The topological polar surface area (TPSA) is 128 Å². The summed E-state index contributed by atoms with van der Waals surface area (Å²) in [5.41, 5.74) is 12.6.